The molecular formula is C17H16N2O2. The molecule has 4 heteroatoms. The quantitative estimate of drug-likeness (QED) is 0.917. The molecule has 1 amide bonds. The zero-order chi connectivity index (χ0) is 14.4. The fraction of sp³-hybridized carbons (Fsp3) is 0.294. The predicted molar refractivity (Wildman–Crippen MR) is 77.9 cm³/mol. The number of nitrogens with two attached hydrogens (primary N) is 1. The van der Waals surface area contributed by atoms with E-state index in [-0.39, 0.29) is 29.8 Å². The number of hydrogen-bond acceptors (Lipinski definition) is 3. The first kappa shape index (κ1) is 12.4. The van der Waals surface area contributed by atoms with E-state index in [4.69, 9.17) is 10.5 Å². The van der Waals surface area contributed by atoms with Gasteiger partial charge in [0.15, 0.2) is 0 Å². The van der Waals surface area contributed by atoms with Crippen LogP contribution in [0.5, 0.6) is 5.75 Å². The third-order valence-electron chi connectivity index (χ3n) is 4.72. The van der Waals surface area contributed by atoms with E-state index in [9.17, 15) is 4.79 Å². The summed E-state index contributed by atoms with van der Waals surface area (Å²) >= 11 is 0. The SMILES string of the molecule is NC(=O)C1CC2c3ccncc3OC2C1c1ccccc1. The van der Waals surface area contributed by atoms with Gasteiger partial charge in [0.1, 0.15) is 11.9 Å². The van der Waals surface area contributed by atoms with Crippen molar-refractivity contribution in [3.8, 4) is 5.75 Å². The molecule has 1 aliphatic carbocycles. The number of fused-ring (bicyclic) bond motifs is 3. The molecule has 2 aromatic rings. The Kier molecular flexibility index (Phi) is 2.70. The van der Waals surface area contributed by atoms with E-state index in [1.165, 1.54) is 0 Å². The van der Waals surface area contributed by atoms with Crippen LogP contribution >= 0.6 is 0 Å². The highest BCUT2D eigenvalue weighted by molar-refractivity contribution is 5.79. The van der Waals surface area contributed by atoms with Crippen molar-refractivity contribution in [2.45, 2.75) is 24.4 Å². The van der Waals surface area contributed by atoms with E-state index in [1.807, 2.05) is 36.4 Å². The van der Waals surface area contributed by atoms with Crippen LogP contribution in [0, 0.1) is 5.92 Å². The van der Waals surface area contributed by atoms with Crippen molar-refractivity contribution in [3.05, 3.63) is 59.9 Å². The van der Waals surface area contributed by atoms with Crippen LogP contribution in [-0.4, -0.2) is 17.0 Å². The summed E-state index contributed by atoms with van der Waals surface area (Å²) in [7, 11) is 0. The first-order valence-electron chi connectivity index (χ1n) is 7.20. The van der Waals surface area contributed by atoms with Gasteiger partial charge in [-0.1, -0.05) is 30.3 Å². The Morgan fingerprint density at radius 3 is 2.81 bits per heavy atom. The van der Waals surface area contributed by atoms with E-state index in [0.717, 1.165) is 23.3 Å². The fourth-order valence-electron chi connectivity index (χ4n) is 3.83. The number of rotatable bonds is 2. The maximum atomic E-state index is 11.9. The highest BCUT2D eigenvalue weighted by Gasteiger charge is 2.52. The molecule has 1 aromatic carbocycles. The molecule has 1 aliphatic heterocycles. The zero-order valence-corrected chi connectivity index (χ0v) is 11.5. The largest absolute Gasteiger partial charge is 0.487 e. The first-order valence-corrected chi connectivity index (χ1v) is 7.20. The monoisotopic (exact) mass is 280 g/mol. The highest BCUT2D eigenvalue weighted by atomic mass is 16.5. The Balaban J connectivity index is 1.77. The summed E-state index contributed by atoms with van der Waals surface area (Å²) in [5.41, 5.74) is 7.91. The Morgan fingerprint density at radius 1 is 1.24 bits per heavy atom. The third-order valence-corrected chi connectivity index (χ3v) is 4.72. The second-order valence-electron chi connectivity index (χ2n) is 5.78. The standard InChI is InChI=1S/C17H16N2O2/c18-17(20)13-8-12-11-6-7-19-9-14(11)21-16(12)15(13)10-4-2-1-3-5-10/h1-7,9,12-13,15-16H,8H2,(H2,18,20). The molecule has 0 saturated heterocycles. The Labute approximate surface area is 123 Å². The van der Waals surface area contributed by atoms with Crippen LogP contribution in [0.1, 0.15) is 29.4 Å². The molecule has 0 spiro atoms. The molecule has 1 fully saturated rings. The Bertz CT molecular complexity index is 686. The highest BCUT2D eigenvalue weighted by Crippen LogP contribution is 2.54. The summed E-state index contributed by atoms with van der Waals surface area (Å²) in [5, 5.41) is 0. The molecule has 0 radical (unpaired) electrons. The predicted octanol–water partition coefficient (Wildman–Crippen LogP) is 2.22. The molecule has 4 rings (SSSR count). The van der Waals surface area contributed by atoms with Gasteiger partial charge in [0, 0.05) is 29.5 Å². The van der Waals surface area contributed by atoms with Crippen molar-refractivity contribution in [1.29, 1.82) is 0 Å². The molecule has 106 valence electrons. The lowest BCUT2D eigenvalue weighted by Crippen LogP contribution is -2.30. The van der Waals surface area contributed by atoms with Gasteiger partial charge in [0.2, 0.25) is 5.91 Å². The van der Waals surface area contributed by atoms with Gasteiger partial charge in [-0.3, -0.25) is 9.78 Å². The molecular weight excluding hydrogens is 264 g/mol. The molecule has 2 heterocycles. The molecule has 2 aliphatic rings. The number of ether oxygens (including phenoxy) is 1. The number of pyridine rings is 1. The molecule has 4 nitrogen and oxygen atoms in total. The number of carbonyl (C=O) groups is 1. The van der Waals surface area contributed by atoms with Crippen molar-refractivity contribution in [2.24, 2.45) is 11.7 Å². The van der Waals surface area contributed by atoms with Crippen LogP contribution in [-0.2, 0) is 4.79 Å². The number of primary amides is 1. The van der Waals surface area contributed by atoms with Crippen LogP contribution in [0.15, 0.2) is 48.8 Å². The van der Waals surface area contributed by atoms with Gasteiger partial charge in [-0.25, -0.2) is 0 Å². The summed E-state index contributed by atoms with van der Waals surface area (Å²) in [4.78, 5) is 16.0. The van der Waals surface area contributed by atoms with Crippen LogP contribution in [0.4, 0.5) is 0 Å². The van der Waals surface area contributed by atoms with Crippen LogP contribution in [0.3, 0.4) is 0 Å². The third kappa shape index (κ3) is 1.82. The number of benzene rings is 1. The van der Waals surface area contributed by atoms with Gasteiger partial charge in [-0.05, 0) is 18.1 Å². The van der Waals surface area contributed by atoms with Gasteiger partial charge in [0.05, 0.1) is 6.20 Å². The van der Waals surface area contributed by atoms with Crippen molar-refractivity contribution in [3.63, 3.8) is 0 Å². The maximum Gasteiger partial charge on any atom is 0.221 e. The average Bonchev–Trinajstić information content (AvgIpc) is 3.04. The minimum absolute atomic E-state index is 0.0149. The van der Waals surface area contributed by atoms with Crippen molar-refractivity contribution < 1.29 is 9.53 Å². The molecule has 21 heavy (non-hydrogen) atoms. The van der Waals surface area contributed by atoms with Crippen molar-refractivity contribution in [1.82, 2.24) is 4.98 Å². The van der Waals surface area contributed by atoms with Crippen LogP contribution < -0.4 is 10.5 Å². The van der Waals surface area contributed by atoms with Gasteiger partial charge < -0.3 is 10.5 Å². The van der Waals surface area contributed by atoms with E-state index in [0.29, 0.717) is 0 Å². The van der Waals surface area contributed by atoms with E-state index < -0.39 is 0 Å². The van der Waals surface area contributed by atoms with Gasteiger partial charge in [0.25, 0.3) is 0 Å². The van der Waals surface area contributed by atoms with Gasteiger partial charge >= 0.3 is 0 Å². The smallest absolute Gasteiger partial charge is 0.221 e. The normalized spacial score (nSPS) is 29.5. The van der Waals surface area contributed by atoms with Crippen molar-refractivity contribution in [2.75, 3.05) is 0 Å². The summed E-state index contributed by atoms with van der Waals surface area (Å²) in [6.07, 6.45) is 4.26. The lowest BCUT2D eigenvalue weighted by Gasteiger charge is -2.22. The summed E-state index contributed by atoms with van der Waals surface area (Å²) in [6.45, 7) is 0. The summed E-state index contributed by atoms with van der Waals surface area (Å²) in [6, 6.07) is 12.0. The molecule has 2 N–H and O–H groups in total. The summed E-state index contributed by atoms with van der Waals surface area (Å²) in [5.74, 6) is 0.671. The number of hydrogen-bond donors (Lipinski definition) is 1. The van der Waals surface area contributed by atoms with Crippen LogP contribution in [0.2, 0.25) is 0 Å². The van der Waals surface area contributed by atoms with E-state index in [2.05, 4.69) is 4.98 Å². The average molecular weight is 280 g/mol. The summed E-state index contributed by atoms with van der Waals surface area (Å²) < 4.78 is 6.11. The molecule has 1 aromatic heterocycles. The zero-order valence-electron chi connectivity index (χ0n) is 11.5. The minimum atomic E-state index is -0.238. The lowest BCUT2D eigenvalue weighted by molar-refractivity contribution is -0.122. The maximum absolute atomic E-state index is 11.9. The fourth-order valence-corrected chi connectivity index (χ4v) is 3.83. The lowest BCUT2D eigenvalue weighted by atomic mass is 9.87. The molecule has 0 bridgehead atoms. The number of nitrogens with zero attached hydrogens (tertiary/aromatic N) is 1. The Hall–Kier alpha value is -2.36. The topological polar surface area (TPSA) is 65.2 Å². The van der Waals surface area contributed by atoms with Gasteiger partial charge in [-0.2, -0.15) is 0 Å². The Morgan fingerprint density at radius 2 is 2.05 bits per heavy atom. The second kappa shape index (κ2) is 4.58. The van der Waals surface area contributed by atoms with Gasteiger partial charge in [-0.15, -0.1) is 0 Å². The number of aromatic nitrogens is 1. The van der Waals surface area contributed by atoms with Crippen LogP contribution in [0.25, 0.3) is 0 Å². The molecule has 4 unspecified atom stereocenters. The molecule has 1 saturated carbocycles. The van der Waals surface area contributed by atoms with E-state index in [1.54, 1.807) is 12.4 Å². The molecule has 4 atom stereocenters. The first-order chi connectivity index (χ1) is 10.3. The number of carbonyl (C=O) groups excluding carboxylic acids is 1. The van der Waals surface area contributed by atoms with E-state index >= 15 is 0 Å². The van der Waals surface area contributed by atoms with Crippen molar-refractivity contribution >= 4 is 5.91 Å². The second-order valence-corrected chi connectivity index (χ2v) is 5.78. The minimum Gasteiger partial charge on any atom is -0.487 e. The number of amides is 1.